The number of hydrogen-bond acceptors (Lipinski definition) is 5. The van der Waals surface area contributed by atoms with Crippen molar-refractivity contribution in [3.63, 3.8) is 0 Å². The number of carbonyl (C=O) groups excluding carboxylic acids is 1. The molecule has 0 aliphatic carbocycles. The van der Waals surface area contributed by atoms with Gasteiger partial charge in [0.15, 0.2) is 5.79 Å². The van der Waals surface area contributed by atoms with Crippen molar-refractivity contribution in [2.24, 2.45) is 0 Å². The molecule has 0 bridgehead atoms. The van der Waals surface area contributed by atoms with Crippen molar-refractivity contribution >= 4 is 22.9 Å². The molecule has 178 valence electrons. The summed E-state index contributed by atoms with van der Waals surface area (Å²) < 4.78 is 30.8. The minimum absolute atomic E-state index is 0.183. The fourth-order valence-electron chi connectivity index (χ4n) is 4.48. The smallest absolute Gasteiger partial charge is 0.308 e. The van der Waals surface area contributed by atoms with Gasteiger partial charge in [0.2, 0.25) is 0 Å². The molecule has 2 heterocycles. The highest BCUT2D eigenvalue weighted by Gasteiger charge is 2.35. The number of pyridine rings is 1. The maximum atomic E-state index is 13.6. The molecule has 2 unspecified atom stereocenters. The second kappa shape index (κ2) is 10.0. The average molecular weight is 464 g/mol. The Hall–Kier alpha value is -3.09. The molecular formula is C28H30FNO4. The third kappa shape index (κ3) is 5.51. The van der Waals surface area contributed by atoms with Gasteiger partial charge in [-0.05, 0) is 51.5 Å². The molecule has 1 fully saturated rings. The average Bonchev–Trinajstić information content (AvgIpc) is 2.77. The third-order valence-electron chi connectivity index (χ3n) is 5.81. The number of hydrogen-bond donors (Lipinski definition) is 0. The zero-order chi connectivity index (χ0) is 24.3. The van der Waals surface area contributed by atoms with E-state index in [-0.39, 0.29) is 30.4 Å². The molecule has 0 spiro atoms. The molecule has 1 aromatic heterocycles. The third-order valence-corrected chi connectivity index (χ3v) is 5.81. The van der Waals surface area contributed by atoms with Gasteiger partial charge >= 0.3 is 5.97 Å². The first-order chi connectivity index (χ1) is 16.3. The van der Waals surface area contributed by atoms with Crippen LogP contribution in [0.5, 0.6) is 0 Å². The molecule has 1 aliphatic rings. The summed E-state index contributed by atoms with van der Waals surface area (Å²) in [5.41, 5.74) is 4.60. The maximum Gasteiger partial charge on any atom is 0.308 e. The van der Waals surface area contributed by atoms with Gasteiger partial charge in [-0.1, -0.05) is 42.5 Å². The van der Waals surface area contributed by atoms with E-state index in [0.29, 0.717) is 13.0 Å². The summed E-state index contributed by atoms with van der Waals surface area (Å²) in [6, 6.07) is 14.5. The molecule has 4 rings (SSSR count). The Morgan fingerprint density at radius 2 is 1.91 bits per heavy atom. The molecular weight excluding hydrogens is 433 g/mol. The Labute approximate surface area is 199 Å². The van der Waals surface area contributed by atoms with Gasteiger partial charge < -0.3 is 14.2 Å². The van der Waals surface area contributed by atoms with Gasteiger partial charge in [-0.25, -0.2) is 4.39 Å². The van der Waals surface area contributed by atoms with E-state index in [9.17, 15) is 9.18 Å². The van der Waals surface area contributed by atoms with Crippen molar-refractivity contribution < 1.29 is 23.4 Å². The van der Waals surface area contributed by atoms with Crippen molar-refractivity contribution in [1.29, 1.82) is 0 Å². The van der Waals surface area contributed by atoms with Crippen molar-refractivity contribution in [2.75, 3.05) is 6.61 Å². The van der Waals surface area contributed by atoms with Gasteiger partial charge in [-0.15, -0.1) is 0 Å². The van der Waals surface area contributed by atoms with Gasteiger partial charge in [0.25, 0.3) is 0 Å². The van der Waals surface area contributed by atoms with E-state index in [1.807, 2.05) is 57.2 Å². The Morgan fingerprint density at radius 1 is 1.18 bits per heavy atom. The quantitative estimate of drug-likeness (QED) is 0.406. The standard InChI is InChI=1S/C28H30FNO4/c1-5-32-26(31)17-22-16-21(33-28(3,4)34-22)14-15-23-18(2)30-25-9-7-6-8-24(25)27(23)19-10-12-20(29)13-11-19/h6-15,21-22H,5,16-17H2,1-4H3/b15-14+. The molecule has 0 saturated carbocycles. The van der Waals surface area contributed by atoms with E-state index >= 15 is 0 Å². The highest BCUT2D eigenvalue weighted by molar-refractivity contribution is 5.99. The number of esters is 1. The number of fused-ring (bicyclic) bond motifs is 1. The molecule has 34 heavy (non-hydrogen) atoms. The summed E-state index contributed by atoms with van der Waals surface area (Å²) in [5.74, 6) is -1.39. The minimum atomic E-state index is -0.832. The normalized spacial score (nSPS) is 20.0. The predicted octanol–water partition coefficient (Wildman–Crippen LogP) is 6.23. The van der Waals surface area contributed by atoms with E-state index in [4.69, 9.17) is 19.2 Å². The molecule has 0 amide bonds. The summed E-state index contributed by atoms with van der Waals surface area (Å²) in [5, 5.41) is 0.993. The van der Waals surface area contributed by atoms with Gasteiger partial charge in [0.1, 0.15) is 5.82 Å². The van der Waals surface area contributed by atoms with E-state index in [1.165, 1.54) is 12.1 Å². The molecule has 1 saturated heterocycles. The van der Waals surface area contributed by atoms with E-state index in [0.717, 1.165) is 33.3 Å². The highest BCUT2D eigenvalue weighted by Crippen LogP contribution is 2.35. The lowest BCUT2D eigenvalue weighted by Gasteiger charge is -2.39. The Bertz CT molecular complexity index is 1200. The highest BCUT2D eigenvalue weighted by atomic mass is 19.1. The van der Waals surface area contributed by atoms with Crippen LogP contribution in [-0.2, 0) is 19.0 Å². The van der Waals surface area contributed by atoms with Crippen LogP contribution in [0.2, 0.25) is 0 Å². The van der Waals surface area contributed by atoms with Crippen LogP contribution in [0.3, 0.4) is 0 Å². The zero-order valence-corrected chi connectivity index (χ0v) is 20.0. The number of nitrogens with zero attached hydrogens (tertiary/aromatic N) is 1. The molecule has 1 aliphatic heterocycles. The number of carbonyl (C=O) groups is 1. The number of halogens is 1. The van der Waals surface area contributed by atoms with Crippen LogP contribution in [-0.4, -0.2) is 35.6 Å². The predicted molar refractivity (Wildman–Crippen MR) is 131 cm³/mol. The van der Waals surface area contributed by atoms with Crippen LogP contribution in [0.4, 0.5) is 4.39 Å². The molecule has 6 heteroatoms. The molecule has 0 radical (unpaired) electrons. The Kier molecular flexibility index (Phi) is 7.10. The summed E-state index contributed by atoms with van der Waals surface area (Å²) in [6.45, 7) is 7.79. The van der Waals surface area contributed by atoms with Crippen LogP contribution >= 0.6 is 0 Å². The van der Waals surface area contributed by atoms with Crippen LogP contribution in [0.15, 0.2) is 54.6 Å². The second-order valence-corrected chi connectivity index (χ2v) is 8.91. The van der Waals surface area contributed by atoms with Crippen molar-refractivity contribution in [2.45, 2.75) is 58.5 Å². The number of ether oxygens (including phenoxy) is 3. The first-order valence-corrected chi connectivity index (χ1v) is 11.6. The van der Waals surface area contributed by atoms with Crippen LogP contribution in [0.25, 0.3) is 28.1 Å². The number of para-hydroxylation sites is 1. The number of aromatic nitrogens is 1. The van der Waals surface area contributed by atoms with Crippen molar-refractivity contribution in [3.05, 3.63) is 71.7 Å². The fourth-order valence-corrected chi connectivity index (χ4v) is 4.48. The largest absolute Gasteiger partial charge is 0.466 e. The topological polar surface area (TPSA) is 57.7 Å². The summed E-state index contributed by atoms with van der Waals surface area (Å²) in [4.78, 5) is 16.8. The van der Waals surface area contributed by atoms with Gasteiger partial charge in [0, 0.05) is 28.6 Å². The first-order valence-electron chi connectivity index (χ1n) is 11.6. The molecule has 0 N–H and O–H groups in total. The molecule has 2 aromatic carbocycles. The first kappa shape index (κ1) is 24.0. The van der Waals surface area contributed by atoms with Crippen LogP contribution in [0, 0.1) is 12.7 Å². The lowest BCUT2D eigenvalue weighted by molar-refractivity contribution is -0.290. The van der Waals surface area contributed by atoms with E-state index in [1.54, 1.807) is 19.1 Å². The van der Waals surface area contributed by atoms with Crippen molar-refractivity contribution in [3.8, 4) is 11.1 Å². The summed E-state index contributed by atoms with van der Waals surface area (Å²) in [7, 11) is 0. The zero-order valence-electron chi connectivity index (χ0n) is 20.0. The van der Waals surface area contributed by atoms with Gasteiger partial charge in [0.05, 0.1) is 30.8 Å². The number of aryl methyl sites for hydroxylation is 1. The van der Waals surface area contributed by atoms with Gasteiger partial charge in [-0.3, -0.25) is 9.78 Å². The van der Waals surface area contributed by atoms with Gasteiger partial charge in [-0.2, -0.15) is 0 Å². The van der Waals surface area contributed by atoms with E-state index in [2.05, 4.69) is 0 Å². The number of rotatable bonds is 6. The Balaban J connectivity index is 1.70. The SMILES string of the molecule is CCOC(=O)CC1CC(/C=C/c2c(C)nc3ccccc3c2-c2ccc(F)cc2)OC(C)(C)O1. The lowest BCUT2D eigenvalue weighted by Crippen LogP contribution is -2.44. The molecule has 5 nitrogen and oxygen atoms in total. The lowest BCUT2D eigenvalue weighted by atomic mass is 9.93. The second-order valence-electron chi connectivity index (χ2n) is 8.91. The molecule has 2 atom stereocenters. The minimum Gasteiger partial charge on any atom is -0.466 e. The number of benzene rings is 2. The van der Waals surface area contributed by atoms with Crippen LogP contribution < -0.4 is 0 Å². The monoisotopic (exact) mass is 463 g/mol. The summed E-state index contributed by atoms with van der Waals surface area (Å²) >= 11 is 0. The fraction of sp³-hybridized carbons (Fsp3) is 0.357. The van der Waals surface area contributed by atoms with Crippen LogP contribution in [0.1, 0.15) is 44.9 Å². The summed E-state index contributed by atoms with van der Waals surface area (Å²) in [6.07, 6.45) is 4.17. The van der Waals surface area contributed by atoms with E-state index < -0.39 is 5.79 Å². The maximum absolute atomic E-state index is 13.6. The van der Waals surface area contributed by atoms with Crippen molar-refractivity contribution in [1.82, 2.24) is 4.98 Å². The Morgan fingerprint density at radius 3 is 2.65 bits per heavy atom. The molecule has 3 aromatic rings.